The van der Waals surface area contributed by atoms with Crippen molar-refractivity contribution in [2.24, 2.45) is 0 Å². The van der Waals surface area contributed by atoms with Crippen LogP contribution in [0.25, 0.3) is 0 Å². The van der Waals surface area contributed by atoms with Crippen molar-refractivity contribution in [2.75, 3.05) is 20.3 Å². The molecule has 1 N–H and O–H groups in total. The average Bonchev–Trinajstić information content (AvgIpc) is 3.21. The molecule has 2 unspecified atom stereocenters. The van der Waals surface area contributed by atoms with E-state index in [1.54, 1.807) is 0 Å². The van der Waals surface area contributed by atoms with Gasteiger partial charge in [0.25, 0.3) is 0 Å². The van der Waals surface area contributed by atoms with Gasteiger partial charge in [-0.25, -0.2) is 4.57 Å². The third-order valence-corrected chi connectivity index (χ3v) is 10.6. The van der Waals surface area contributed by atoms with Crippen molar-refractivity contribution < 1.29 is 37.6 Å². The lowest BCUT2D eigenvalue weighted by atomic mass is 10.0. The third kappa shape index (κ3) is 43.1. The summed E-state index contributed by atoms with van der Waals surface area (Å²) >= 11 is 0. The molecule has 0 rings (SSSR count). The number of allylic oxidation sites excluding steroid dienone is 12. The second-order valence-corrected chi connectivity index (χ2v) is 16.7. The standard InChI is InChI=1S/C49H85O8P/c1-4-6-8-10-12-14-16-18-20-22-23-24-25-26-27-28-30-32-34-36-38-40-42-44-49(51)57-47(46-56-58(52,53)54-3)45-55-48(50)43-41-39-37-35-33-31-29-21-19-17-15-13-11-9-7-5-2/h6,8,12,14-15,17-18,20-21,23-24,29,47H,4-5,7,9-11,13,16,19,22,25-28,30-46H2,1-3H3,(H,52,53)/b8-6-,14-12-,17-15-,20-18-,24-23-,29-21-. The lowest BCUT2D eigenvalue weighted by Gasteiger charge is -2.19. The van der Waals surface area contributed by atoms with Gasteiger partial charge in [0, 0.05) is 20.0 Å². The SMILES string of the molecule is CC/C=C\C/C=C\C/C=C\C/C=C\CCCCCCCCCCCCC(=O)OC(COC(=O)CCCCCCC/C=C\C/C=C\CCCCCC)COP(=O)(O)OC. The van der Waals surface area contributed by atoms with Crippen molar-refractivity contribution in [1.82, 2.24) is 0 Å². The monoisotopic (exact) mass is 833 g/mol. The molecule has 0 aliphatic rings. The van der Waals surface area contributed by atoms with E-state index < -0.39 is 26.5 Å². The first-order valence-corrected chi connectivity index (χ1v) is 24.6. The maximum Gasteiger partial charge on any atom is 0.472 e. The van der Waals surface area contributed by atoms with E-state index in [0.717, 1.165) is 103 Å². The molecule has 0 aromatic heterocycles. The van der Waals surface area contributed by atoms with Crippen molar-refractivity contribution in [2.45, 2.75) is 206 Å². The molecule has 0 radical (unpaired) electrons. The zero-order valence-electron chi connectivity index (χ0n) is 37.2. The fourth-order valence-corrected chi connectivity index (χ4v) is 6.61. The quantitative estimate of drug-likeness (QED) is 0.0280. The van der Waals surface area contributed by atoms with E-state index in [4.69, 9.17) is 14.0 Å². The van der Waals surface area contributed by atoms with E-state index in [9.17, 15) is 19.0 Å². The number of ether oxygens (including phenoxy) is 2. The van der Waals surface area contributed by atoms with Crippen LogP contribution in [0.5, 0.6) is 0 Å². The van der Waals surface area contributed by atoms with Gasteiger partial charge >= 0.3 is 19.8 Å². The molecule has 0 spiro atoms. The maximum absolute atomic E-state index is 12.5. The summed E-state index contributed by atoms with van der Waals surface area (Å²) in [6.07, 6.45) is 56.7. The minimum atomic E-state index is -4.27. The zero-order valence-corrected chi connectivity index (χ0v) is 38.1. The Bertz CT molecular complexity index is 1170. The number of hydrogen-bond donors (Lipinski definition) is 1. The molecule has 0 amide bonds. The van der Waals surface area contributed by atoms with Gasteiger partial charge in [0.05, 0.1) is 6.61 Å². The van der Waals surface area contributed by atoms with Crippen LogP contribution in [0.15, 0.2) is 72.9 Å². The summed E-state index contributed by atoms with van der Waals surface area (Å²) in [6.45, 7) is 3.75. The molecule has 2 atom stereocenters. The van der Waals surface area contributed by atoms with Gasteiger partial charge in [-0.15, -0.1) is 0 Å². The molecule has 0 fully saturated rings. The van der Waals surface area contributed by atoms with Crippen molar-refractivity contribution in [3.63, 3.8) is 0 Å². The van der Waals surface area contributed by atoms with E-state index >= 15 is 0 Å². The first-order valence-electron chi connectivity index (χ1n) is 23.1. The molecular weight excluding hydrogens is 748 g/mol. The molecule has 0 aromatic carbocycles. The molecule has 0 aromatic rings. The van der Waals surface area contributed by atoms with Crippen LogP contribution in [0.2, 0.25) is 0 Å². The number of carbonyl (C=O) groups is 2. The molecule has 0 heterocycles. The Morgan fingerprint density at radius 2 is 0.879 bits per heavy atom. The predicted molar refractivity (Wildman–Crippen MR) is 244 cm³/mol. The lowest BCUT2D eigenvalue weighted by molar-refractivity contribution is -0.161. The summed E-state index contributed by atoms with van der Waals surface area (Å²) < 4.78 is 32.0. The van der Waals surface area contributed by atoms with E-state index in [1.165, 1.54) is 70.6 Å². The lowest BCUT2D eigenvalue weighted by Crippen LogP contribution is -2.29. The van der Waals surface area contributed by atoms with Crippen molar-refractivity contribution in [1.29, 1.82) is 0 Å². The first-order chi connectivity index (χ1) is 28.3. The van der Waals surface area contributed by atoms with Gasteiger partial charge in [-0.1, -0.05) is 177 Å². The highest BCUT2D eigenvalue weighted by atomic mass is 31.2. The van der Waals surface area contributed by atoms with E-state index in [-0.39, 0.29) is 25.4 Å². The molecule has 0 aliphatic heterocycles. The smallest absolute Gasteiger partial charge is 0.462 e. The van der Waals surface area contributed by atoms with E-state index in [1.807, 2.05) is 0 Å². The predicted octanol–water partition coefficient (Wildman–Crippen LogP) is 14.9. The Balaban J connectivity index is 3.98. The molecule has 334 valence electrons. The Morgan fingerprint density at radius 1 is 0.500 bits per heavy atom. The summed E-state index contributed by atoms with van der Waals surface area (Å²) in [7, 11) is -3.21. The van der Waals surface area contributed by atoms with Crippen LogP contribution in [0.4, 0.5) is 0 Å². The second kappa shape index (κ2) is 44.1. The average molecular weight is 833 g/mol. The molecule has 8 nitrogen and oxygen atoms in total. The van der Waals surface area contributed by atoms with Crippen LogP contribution in [0, 0.1) is 0 Å². The number of rotatable bonds is 42. The molecule has 58 heavy (non-hydrogen) atoms. The fraction of sp³-hybridized carbons (Fsp3) is 0.714. The zero-order chi connectivity index (χ0) is 42.5. The van der Waals surface area contributed by atoms with Crippen molar-refractivity contribution in [3.05, 3.63) is 72.9 Å². The van der Waals surface area contributed by atoms with E-state index in [0.29, 0.717) is 6.42 Å². The van der Waals surface area contributed by atoms with Gasteiger partial charge in [-0.2, -0.15) is 0 Å². The van der Waals surface area contributed by atoms with Gasteiger partial charge in [0.2, 0.25) is 0 Å². The van der Waals surface area contributed by atoms with E-state index in [2.05, 4.69) is 91.3 Å². The van der Waals surface area contributed by atoms with Crippen LogP contribution >= 0.6 is 7.82 Å². The van der Waals surface area contributed by atoms with Gasteiger partial charge in [-0.05, 0) is 83.5 Å². The van der Waals surface area contributed by atoms with Gasteiger partial charge in [0.1, 0.15) is 6.61 Å². The molecule has 0 aliphatic carbocycles. The maximum atomic E-state index is 12.5. The Kier molecular flexibility index (Phi) is 42.1. The minimum absolute atomic E-state index is 0.233. The minimum Gasteiger partial charge on any atom is -0.462 e. The third-order valence-electron chi connectivity index (χ3n) is 9.68. The summed E-state index contributed by atoms with van der Waals surface area (Å²) in [5.74, 6) is -0.826. The number of phosphoric ester groups is 1. The molecule has 0 saturated carbocycles. The van der Waals surface area contributed by atoms with Crippen molar-refractivity contribution >= 4 is 19.8 Å². The van der Waals surface area contributed by atoms with Gasteiger partial charge in [0.15, 0.2) is 6.10 Å². The second-order valence-electron chi connectivity index (χ2n) is 15.2. The summed E-state index contributed by atoms with van der Waals surface area (Å²) in [5.41, 5.74) is 0. The van der Waals surface area contributed by atoms with Gasteiger partial charge < -0.3 is 14.4 Å². The number of phosphoric acid groups is 1. The van der Waals surface area contributed by atoms with Crippen LogP contribution in [-0.4, -0.2) is 43.3 Å². The highest BCUT2D eigenvalue weighted by Gasteiger charge is 2.24. The molecule has 0 saturated heterocycles. The Morgan fingerprint density at radius 3 is 1.31 bits per heavy atom. The van der Waals surface area contributed by atoms with Crippen molar-refractivity contribution in [3.8, 4) is 0 Å². The summed E-state index contributed by atoms with van der Waals surface area (Å²) in [6, 6.07) is 0. The number of hydrogen-bond acceptors (Lipinski definition) is 7. The number of carbonyl (C=O) groups excluding carboxylic acids is 2. The highest BCUT2D eigenvalue weighted by molar-refractivity contribution is 7.47. The number of esters is 2. The Labute approximate surface area is 355 Å². The molecular formula is C49H85O8P. The highest BCUT2D eigenvalue weighted by Crippen LogP contribution is 2.42. The van der Waals surface area contributed by atoms with Crippen LogP contribution in [-0.2, 0) is 32.7 Å². The first kappa shape index (κ1) is 55.5. The largest absolute Gasteiger partial charge is 0.472 e. The summed E-state index contributed by atoms with van der Waals surface area (Å²) in [4.78, 5) is 34.6. The summed E-state index contributed by atoms with van der Waals surface area (Å²) in [5, 5.41) is 0. The van der Waals surface area contributed by atoms with Crippen LogP contribution in [0.1, 0.15) is 200 Å². The Hall–Kier alpha value is -2.51. The van der Waals surface area contributed by atoms with Gasteiger partial charge in [-0.3, -0.25) is 18.6 Å². The van der Waals surface area contributed by atoms with Crippen LogP contribution in [0.3, 0.4) is 0 Å². The molecule has 0 bridgehead atoms. The topological polar surface area (TPSA) is 108 Å². The van der Waals surface area contributed by atoms with Crippen LogP contribution < -0.4 is 0 Å². The normalized spacial score (nSPS) is 13.9. The fourth-order valence-electron chi connectivity index (χ4n) is 6.15. The molecule has 9 heteroatoms. The number of unbranched alkanes of at least 4 members (excludes halogenated alkanes) is 19.